The summed E-state index contributed by atoms with van der Waals surface area (Å²) in [6.45, 7) is 12.4. The number of hydrogen-bond donors (Lipinski definition) is 0. The third-order valence-electron chi connectivity index (χ3n) is 3.97. The van der Waals surface area contributed by atoms with Gasteiger partial charge in [-0.25, -0.2) is 0 Å². The molecule has 0 N–H and O–H groups in total. The van der Waals surface area contributed by atoms with Gasteiger partial charge in [-0.1, -0.05) is 45.7 Å². The molecule has 1 aromatic heterocycles. The Hall–Kier alpha value is -1.98. The predicted molar refractivity (Wildman–Crippen MR) is 121 cm³/mol. The standard InChI is InChI=1S/C18H20ClNO4.C3H8.C2H6/c1-12-11-20-4-7-24-17-10-18(23-6-3-5-22-2)14(19)8-13(17)15(20)9-16(12)21;1-3-2;1-2/h8-11H,3-7H2,1-2H3;3H2,1-2H3;1-2H3. The van der Waals surface area contributed by atoms with Crippen LogP contribution in [-0.2, 0) is 11.3 Å². The summed E-state index contributed by atoms with van der Waals surface area (Å²) in [5.41, 5.74) is 2.33. The van der Waals surface area contributed by atoms with Crippen LogP contribution < -0.4 is 14.9 Å². The first-order valence-corrected chi connectivity index (χ1v) is 10.7. The lowest BCUT2D eigenvalue weighted by atomic mass is 10.1. The Bertz CT molecular complexity index is 817. The molecule has 0 saturated carbocycles. The zero-order valence-electron chi connectivity index (χ0n) is 18.5. The van der Waals surface area contributed by atoms with Gasteiger partial charge in [0.15, 0.2) is 5.43 Å². The number of aryl methyl sites for hydroxylation is 1. The third kappa shape index (κ3) is 7.09. The lowest BCUT2D eigenvalue weighted by Crippen LogP contribution is -2.13. The smallest absolute Gasteiger partial charge is 0.185 e. The van der Waals surface area contributed by atoms with Crippen molar-refractivity contribution in [3.05, 3.63) is 45.2 Å². The summed E-state index contributed by atoms with van der Waals surface area (Å²) in [5.74, 6) is 1.25. The number of nitrogens with zero attached hydrogens (tertiary/aromatic N) is 1. The minimum atomic E-state index is 0.00474. The summed E-state index contributed by atoms with van der Waals surface area (Å²) in [7, 11) is 1.66. The quantitative estimate of drug-likeness (QED) is 0.576. The molecule has 1 aliphatic rings. The van der Waals surface area contributed by atoms with Gasteiger partial charge in [0.1, 0.15) is 18.1 Å². The molecule has 0 spiro atoms. The second-order valence-electron chi connectivity index (χ2n) is 6.43. The Labute approximate surface area is 179 Å². The first kappa shape index (κ1) is 25.1. The average Bonchev–Trinajstić information content (AvgIpc) is 2.87. The second kappa shape index (κ2) is 13.3. The van der Waals surface area contributed by atoms with Crippen LogP contribution >= 0.6 is 11.6 Å². The van der Waals surface area contributed by atoms with Crippen LogP contribution in [0, 0.1) is 6.92 Å². The van der Waals surface area contributed by atoms with Gasteiger partial charge in [0.05, 0.1) is 23.9 Å². The molecular weight excluding hydrogens is 390 g/mol. The van der Waals surface area contributed by atoms with Crippen LogP contribution in [0.3, 0.4) is 0 Å². The number of fused-ring (bicyclic) bond motifs is 3. The van der Waals surface area contributed by atoms with Crippen LogP contribution in [-0.4, -0.2) is 31.5 Å². The number of rotatable bonds is 5. The maximum atomic E-state index is 12.0. The molecule has 1 aromatic carbocycles. The van der Waals surface area contributed by atoms with Crippen LogP contribution in [0.1, 0.15) is 46.1 Å². The van der Waals surface area contributed by atoms with Gasteiger partial charge in [-0.3, -0.25) is 4.79 Å². The number of aromatic nitrogens is 1. The molecule has 0 radical (unpaired) electrons. The second-order valence-corrected chi connectivity index (χ2v) is 6.84. The zero-order chi connectivity index (χ0) is 21.8. The van der Waals surface area contributed by atoms with Crippen molar-refractivity contribution < 1.29 is 14.2 Å². The molecule has 0 fully saturated rings. The molecule has 5 nitrogen and oxygen atoms in total. The van der Waals surface area contributed by atoms with E-state index in [1.54, 1.807) is 25.3 Å². The highest BCUT2D eigenvalue weighted by atomic mass is 35.5. The van der Waals surface area contributed by atoms with Crippen molar-refractivity contribution in [2.45, 2.75) is 54.0 Å². The molecule has 162 valence electrons. The van der Waals surface area contributed by atoms with E-state index >= 15 is 0 Å². The molecule has 0 saturated heterocycles. The van der Waals surface area contributed by atoms with Gasteiger partial charge in [-0.15, -0.1) is 0 Å². The largest absolute Gasteiger partial charge is 0.492 e. The molecule has 0 aliphatic carbocycles. The summed E-state index contributed by atoms with van der Waals surface area (Å²) in [4.78, 5) is 12.0. The molecule has 0 unspecified atom stereocenters. The van der Waals surface area contributed by atoms with E-state index in [0.717, 1.165) is 17.7 Å². The Morgan fingerprint density at radius 1 is 1.17 bits per heavy atom. The van der Waals surface area contributed by atoms with Crippen molar-refractivity contribution in [3.8, 4) is 22.8 Å². The van der Waals surface area contributed by atoms with Crippen LogP contribution in [0.25, 0.3) is 11.3 Å². The summed E-state index contributed by atoms with van der Waals surface area (Å²) in [6, 6.07) is 5.23. The van der Waals surface area contributed by atoms with Crippen molar-refractivity contribution in [2.75, 3.05) is 26.9 Å². The molecule has 2 heterocycles. The summed E-state index contributed by atoms with van der Waals surface area (Å²) < 4.78 is 18.6. The van der Waals surface area contributed by atoms with Gasteiger partial charge in [-0.2, -0.15) is 0 Å². The fourth-order valence-corrected chi connectivity index (χ4v) is 2.93. The highest BCUT2D eigenvalue weighted by Gasteiger charge is 2.19. The van der Waals surface area contributed by atoms with Gasteiger partial charge >= 0.3 is 0 Å². The molecule has 29 heavy (non-hydrogen) atoms. The van der Waals surface area contributed by atoms with Crippen LogP contribution in [0.5, 0.6) is 11.5 Å². The molecule has 6 heteroatoms. The van der Waals surface area contributed by atoms with Gasteiger partial charge < -0.3 is 18.8 Å². The van der Waals surface area contributed by atoms with E-state index in [2.05, 4.69) is 13.8 Å². The molecule has 2 aromatic rings. The topological polar surface area (TPSA) is 49.7 Å². The number of halogens is 1. The monoisotopic (exact) mass is 423 g/mol. The SMILES string of the molecule is CC.CCC.COCCCOc1cc2c(cc1Cl)-c1cc(=O)c(C)cn1CCO2. The Morgan fingerprint density at radius 2 is 1.86 bits per heavy atom. The minimum absolute atomic E-state index is 0.00474. The first-order chi connectivity index (χ1) is 14.0. The lowest BCUT2D eigenvalue weighted by molar-refractivity contribution is 0.172. The van der Waals surface area contributed by atoms with E-state index in [1.165, 1.54) is 6.42 Å². The molecule has 3 rings (SSSR count). The van der Waals surface area contributed by atoms with Crippen LogP contribution in [0.2, 0.25) is 5.02 Å². The number of methoxy groups -OCH3 is 1. The fourth-order valence-electron chi connectivity index (χ4n) is 2.71. The van der Waals surface area contributed by atoms with E-state index in [4.69, 9.17) is 25.8 Å². The van der Waals surface area contributed by atoms with Crippen molar-refractivity contribution >= 4 is 11.6 Å². The Morgan fingerprint density at radius 3 is 2.52 bits per heavy atom. The van der Waals surface area contributed by atoms with Gasteiger partial charge in [0, 0.05) is 49.6 Å². The van der Waals surface area contributed by atoms with Crippen molar-refractivity contribution in [1.29, 1.82) is 0 Å². The summed E-state index contributed by atoms with van der Waals surface area (Å²) in [5, 5.41) is 0.497. The molecule has 0 bridgehead atoms. The van der Waals surface area contributed by atoms with Gasteiger partial charge in [0.25, 0.3) is 0 Å². The third-order valence-corrected chi connectivity index (χ3v) is 4.26. The average molecular weight is 424 g/mol. The highest BCUT2D eigenvalue weighted by molar-refractivity contribution is 6.32. The zero-order valence-corrected chi connectivity index (χ0v) is 19.3. The minimum Gasteiger partial charge on any atom is -0.492 e. The van der Waals surface area contributed by atoms with E-state index in [0.29, 0.717) is 48.5 Å². The van der Waals surface area contributed by atoms with E-state index in [9.17, 15) is 4.79 Å². The van der Waals surface area contributed by atoms with Gasteiger partial charge in [-0.05, 0) is 13.0 Å². The van der Waals surface area contributed by atoms with Crippen molar-refractivity contribution in [3.63, 3.8) is 0 Å². The summed E-state index contributed by atoms with van der Waals surface area (Å²) in [6.07, 6.45) is 3.89. The maximum absolute atomic E-state index is 12.0. The number of ether oxygens (including phenoxy) is 3. The van der Waals surface area contributed by atoms with Crippen molar-refractivity contribution in [1.82, 2.24) is 4.57 Å². The Balaban J connectivity index is 0.000000771. The van der Waals surface area contributed by atoms with Crippen LogP contribution in [0.15, 0.2) is 29.2 Å². The van der Waals surface area contributed by atoms with E-state index in [1.807, 2.05) is 31.5 Å². The molecule has 0 atom stereocenters. The Kier molecular flexibility index (Phi) is 11.5. The number of hydrogen-bond acceptors (Lipinski definition) is 4. The number of pyridine rings is 1. The first-order valence-electron chi connectivity index (χ1n) is 10.3. The molecular formula is C23H34ClNO4. The highest BCUT2D eigenvalue weighted by Crippen LogP contribution is 2.39. The lowest BCUT2D eigenvalue weighted by Gasteiger charge is -2.14. The number of benzene rings is 1. The normalized spacial score (nSPS) is 11.4. The summed E-state index contributed by atoms with van der Waals surface area (Å²) >= 11 is 6.37. The van der Waals surface area contributed by atoms with Gasteiger partial charge in [0.2, 0.25) is 0 Å². The molecule has 0 amide bonds. The molecule has 1 aliphatic heterocycles. The predicted octanol–water partition coefficient (Wildman–Crippen LogP) is 5.73. The van der Waals surface area contributed by atoms with Crippen LogP contribution in [0.4, 0.5) is 0 Å². The van der Waals surface area contributed by atoms with Crippen molar-refractivity contribution in [2.24, 2.45) is 0 Å². The van der Waals surface area contributed by atoms with E-state index < -0.39 is 0 Å². The van der Waals surface area contributed by atoms with E-state index in [-0.39, 0.29) is 5.43 Å². The maximum Gasteiger partial charge on any atom is 0.185 e. The fraction of sp³-hybridized carbons (Fsp3) is 0.522.